The van der Waals surface area contributed by atoms with E-state index in [0.29, 0.717) is 22.9 Å². The number of carbonyl (C=O) groups excluding carboxylic acids is 2. The molecule has 3 N–H and O–H groups in total. The second-order valence-electron chi connectivity index (χ2n) is 6.10. The normalized spacial score (nSPS) is 10.6. The first-order valence-electron chi connectivity index (χ1n) is 8.19. The van der Waals surface area contributed by atoms with Gasteiger partial charge in [-0.3, -0.25) is 14.4 Å². The molecule has 1 aromatic carbocycles. The number of aliphatic carboxylic acids is 1. The summed E-state index contributed by atoms with van der Waals surface area (Å²) >= 11 is 1.28. The van der Waals surface area contributed by atoms with Crippen molar-refractivity contribution in [3.8, 4) is 0 Å². The van der Waals surface area contributed by atoms with E-state index < -0.39 is 5.97 Å². The summed E-state index contributed by atoms with van der Waals surface area (Å²) in [6, 6.07) is 7.07. The van der Waals surface area contributed by atoms with Crippen LogP contribution in [-0.2, 0) is 27.2 Å². The predicted octanol–water partition coefficient (Wildman–Crippen LogP) is 2.94. The molecular formula is C18H21N3O4S. The standard InChI is InChI=1S/C18H21N3O4S/c1-11(2)17(25)21-18-20-14(10-26-18)9-15(22)19-13-6-3-12(4-7-13)5-8-16(23)24/h3-4,6-7,10-11H,5,8-9H2,1-2H3,(H,19,22)(H,23,24)(H,20,21,25). The molecule has 138 valence electrons. The Hall–Kier alpha value is -2.74. The number of thiazole rings is 1. The van der Waals surface area contributed by atoms with Gasteiger partial charge in [0, 0.05) is 23.4 Å². The first kappa shape index (κ1) is 19.6. The summed E-state index contributed by atoms with van der Waals surface area (Å²) in [5.74, 6) is -1.30. The van der Waals surface area contributed by atoms with E-state index >= 15 is 0 Å². The van der Waals surface area contributed by atoms with Crippen molar-refractivity contribution in [1.29, 1.82) is 0 Å². The summed E-state index contributed by atoms with van der Waals surface area (Å²) < 4.78 is 0. The van der Waals surface area contributed by atoms with Gasteiger partial charge in [-0.15, -0.1) is 11.3 Å². The predicted molar refractivity (Wildman–Crippen MR) is 100 cm³/mol. The lowest BCUT2D eigenvalue weighted by Crippen LogP contribution is -2.18. The van der Waals surface area contributed by atoms with E-state index in [-0.39, 0.29) is 30.6 Å². The van der Waals surface area contributed by atoms with Gasteiger partial charge in [-0.2, -0.15) is 0 Å². The highest BCUT2D eigenvalue weighted by atomic mass is 32.1. The number of aryl methyl sites for hydroxylation is 1. The fourth-order valence-corrected chi connectivity index (χ4v) is 2.78. The van der Waals surface area contributed by atoms with Crippen molar-refractivity contribution in [2.45, 2.75) is 33.1 Å². The largest absolute Gasteiger partial charge is 0.481 e. The Kier molecular flexibility index (Phi) is 6.85. The Morgan fingerprint density at radius 3 is 2.46 bits per heavy atom. The fourth-order valence-electron chi connectivity index (χ4n) is 2.07. The molecule has 1 aromatic heterocycles. The minimum Gasteiger partial charge on any atom is -0.481 e. The molecular weight excluding hydrogens is 354 g/mol. The molecule has 0 fully saturated rings. The summed E-state index contributed by atoms with van der Waals surface area (Å²) in [5.41, 5.74) is 2.12. The highest BCUT2D eigenvalue weighted by molar-refractivity contribution is 7.13. The number of benzene rings is 1. The zero-order valence-corrected chi connectivity index (χ0v) is 15.4. The Bertz CT molecular complexity index is 784. The third kappa shape index (κ3) is 6.29. The molecule has 2 rings (SSSR count). The van der Waals surface area contributed by atoms with Crippen molar-refractivity contribution < 1.29 is 19.5 Å². The summed E-state index contributed by atoms with van der Waals surface area (Å²) in [4.78, 5) is 38.6. The molecule has 0 aliphatic heterocycles. The summed E-state index contributed by atoms with van der Waals surface area (Å²) in [6.45, 7) is 3.59. The maximum absolute atomic E-state index is 12.1. The van der Waals surface area contributed by atoms with E-state index in [0.717, 1.165) is 5.56 Å². The van der Waals surface area contributed by atoms with Crippen LogP contribution in [0.3, 0.4) is 0 Å². The van der Waals surface area contributed by atoms with Crippen LogP contribution in [-0.4, -0.2) is 27.9 Å². The van der Waals surface area contributed by atoms with Gasteiger partial charge < -0.3 is 15.7 Å². The van der Waals surface area contributed by atoms with Gasteiger partial charge in [-0.1, -0.05) is 26.0 Å². The number of aromatic nitrogens is 1. The average Bonchev–Trinajstić information content (AvgIpc) is 3.00. The molecule has 7 nitrogen and oxygen atoms in total. The maximum Gasteiger partial charge on any atom is 0.303 e. The molecule has 2 amide bonds. The molecule has 8 heteroatoms. The summed E-state index contributed by atoms with van der Waals surface area (Å²) in [5, 5.41) is 16.4. The number of anilines is 2. The maximum atomic E-state index is 12.1. The van der Waals surface area contributed by atoms with E-state index in [1.165, 1.54) is 11.3 Å². The number of carboxylic acids is 1. The smallest absolute Gasteiger partial charge is 0.303 e. The highest BCUT2D eigenvalue weighted by Gasteiger charge is 2.12. The SMILES string of the molecule is CC(C)C(=O)Nc1nc(CC(=O)Nc2ccc(CCC(=O)O)cc2)cs1. The van der Waals surface area contributed by atoms with Gasteiger partial charge in [0.05, 0.1) is 12.1 Å². The molecule has 26 heavy (non-hydrogen) atoms. The fraction of sp³-hybridized carbons (Fsp3) is 0.333. The van der Waals surface area contributed by atoms with Crippen LogP contribution in [0.15, 0.2) is 29.6 Å². The van der Waals surface area contributed by atoms with Crippen LogP contribution < -0.4 is 10.6 Å². The van der Waals surface area contributed by atoms with Crippen LogP contribution in [0, 0.1) is 5.92 Å². The number of carboxylic acid groups (broad SMARTS) is 1. The number of rotatable bonds is 8. The molecule has 0 spiro atoms. The molecule has 0 unspecified atom stereocenters. The quantitative estimate of drug-likeness (QED) is 0.657. The summed E-state index contributed by atoms with van der Waals surface area (Å²) in [6.07, 6.45) is 0.632. The van der Waals surface area contributed by atoms with Crippen LogP contribution >= 0.6 is 11.3 Å². The van der Waals surface area contributed by atoms with E-state index in [9.17, 15) is 14.4 Å². The number of nitrogens with zero attached hydrogens (tertiary/aromatic N) is 1. The molecule has 0 aliphatic carbocycles. The van der Waals surface area contributed by atoms with E-state index in [1.807, 2.05) is 0 Å². The molecule has 1 heterocycles. The second-order valence-corrected chi connectivity index (χ2v) is 6.96. The Morgan fingerprint density at radius 1 is 1.15 bits per heavy atom. The van der Waals surface area contributed by atoms with Gasteiger partial charge in [0.25, 0.3) is 0 Å². The lowest BCUT2D eigenvalue weighted by atomic mass is 10.1. The Labute approximate surface area is 155 Å². The van der Waals surface area contributed by atoms with Gasteiger partial charge >= 0.3 is 5.97 Å². The number of nitrogens with one attached hydrogen (secondary N) is 2. The highest BCUT2D eigenvalue weighted by Crippen LogP contribution is 2.17. The van der Waals surface area contributed by atoms with Gasteiger partial charge in [0.15, 0.2) is 5.13 Å². The van der Waals surface area contributed by atoms with Crippen LogP contribution in [0.1, 0.15) is 31.5 Å². The summed E-state index contributed by atoms with van der Waals surface area (Å²) in [7, 11) is 0. The molecule has 0 saturated carbocycles. The van der Waals surface area contributed by atoms with Crippen molar-refractivity contribution >= 4 is 39.9 Å². The monoisotopic (exact) mass is 375 g/mol. The topological polar surface area (TPSA) is 108 Å². The van der Waals surface area contributed by atoms with Crippen molar-refractivity contribution in [1.82, 2.24) is 4.98 Å². The lowest BCUT2D eigenvalue weighted by Gasteiger charge is -2.06. The van der Waals surface area contributed by atoms with Crippen molar-refractivity contribution in [3.05, 3.63) is 40.9 Å². The van der Waals surface area contributed by atoms with Gasteiger partial charge in [0.1, 0.15) is 0 Å². The molecule has 0 radical (unpaired) electrons. The van der Waals surface area contributed by atoms with Gasteiger partial charge in [-0.05, 0) is 24.1 Å². The third-order valence-electron chi connectivity index (χ3n) is 3.51. The molecule has 2 aromatic rings. The third-order valence-corrected chi connectivity index (χ3v) is 4.32. The average molecular weight is 375 g/mol. The number of carbonyl (C=O) groups is 3. The Morgan fingerprint density at radius 2 is 1.85 bits per heavy atom. The first-order valence-corrected chi connectivity index (χ1v) is 9.07. The lowest BCUT2D eigenvalue weighted by molar-refractivity contribution is -0.137. The minimum atomic E-state index is -0.838. The molecule has 0 aliphatic rings. The Balaban J connectivity index is 1.86. The molecule has 0 atom stereocenters. The minimum absolute atomic E-state index is 0.0746. The van der Waals surface area contributed by atoms with Crippen molar-refractivity contribution in [3.63, 3.8) is 0 Å². The number of hydrogen-bond acceptors (Lipinski definition) is 5. The van der Waals surface area contributed by atoms with E-state index in [2.05, 4.69) is 15.6 Å². The van der Waals surface area contributed by atoms with E-state index in [4.69, 9.17) is 5.11 Å². The first-order chi connectivity index (χ1) is 12.3. The van der Waals surface area contributed by atoms with Crippen LogP contribution in [0.2, 0.25) is 0 Å². The zero-order chi connectivity index (χ0) is 19.1. The number of hydrogen-bond donors (Lipinski definition) is 3. The van der Waals surface area contributed by atoms with E-state index in [1.54, 1.807) is 43.5 Å². The second kappa shape index (κ2) is 9.10. The molecule has 0 bridgehead atoms. The van der Waals surface area contributed by atoms with Crippen molar-refractivity contribution in [2.75, 3.05) is 10.6 Å². The van der Waals surface area contributed by atoms with Gasteiger partial charge in [0.2, 0.25) is 11.8 Å². The van der Waals surface area contributed by atoms with Crippen LogP contribution in [0.25, 0.3) is 0 Å². The zero-order valence-electron chi connectivity index (χ0n) is 14.6. The van der Waals surface area contributed by atoms with Crippen molar-refractivity contribution in [2.24, 2.45) is 5.92 Å². The van der Waals surface area contributed by atoms with Gasteiger partial charge in [-0.25, -0.2) is 4.98 Å². The number of amides is 2. The molecule has 0 saturated heterocycles. The van der Waals surface area contributed by atoms with Crippen LogP contribution in [0.5, 0.6) is 0 Å². The van der Waals surface area contributed by atoms with Crippen LogP contribution in [0.4, 0.5) is 10.8 Å².